The molecule has 0 aliphatic heterocycles. The molecule has 2 nitrogen and oxygen atoms in total. The van der Waals surface area contributed by atoms with Crippen molar-refractivity contribution in [2.45, 2.75) is 33.2 Å². The molecule has 1 N–H and O–H groups in total. The van der Waals surface area contributed by atoms with E-state index in [4.69, 9.17) is 4.74 Å². The zero-order valence-electron chi connectivity index (χ0n) is 10.2. The van der Waals surface area contributed by atoms with Gasteiger partial charge in [0, 0.05) is 17.7 Å². The number of nitrogens with one attached hydrogen (secondary N) is 1. The van der Waals surface area contributed by atoms with Crippen molar-refractivity contribution >= 4 is 0 Å². The Hall–Kier alpha value is -1.09. The van der Waals surface area contributed by atoms with Gasteiger partial charge < -0.3 is 10.1 Å². The highest BCUT2D eigenvalue weighted by Crippen LogP contribution is 2.26. The summed E-state index contributed by atoms with van der Waals surface area (Å²) >= 11 is 0. The molecule has 1 rings (SSSR count). The lowest BCUT2D eigenvalue weighted by Gasteiger charge is -2.17. The van der Waals surface area contributed by atoms with E-state index >= 15 is 0 Å². The lowest BCUT2D eigenvalue weighted by Crippen LogP contribution is -2.18. The van der Waals surface area contributed by atoms with Gasteiger partial charge in [0.15, 0.2) is 0 Å². The summed E-state index contributed by atoms with van der Waals surface area (Å²) in [6, 6.07) is 4.89. The molecule has 1 aromatic rings. The van der Waals surface area contributed by atoms with Gasteiger partial charge in [-0.25, -0.2) is 4.39 Å². The highest BCUT2D eigenvalue weighted by atomic mass is 19.1. The Labute approximate surface area is 96.8 Å². The van der Waals surface area contributed by atoms with Crippen molar-refractivity contribution in [2.75, 3.05) is 13.2 Å². The number of ether oxygens (including phenoxy) is 1. The van der Waals surface area contributed by atoms with Gasteiger partial charge in [0.25, 0.3) is 0 Å². The van der Waals surface area contributed by atoms with E-state index in [2.05, 4.69) is 12.2 Å². The Morgan fingerprint density at radius 1 is 1.38 bits per heavy atom. The molecule has 0 spiro atoms. The summed E-state index contributed by atoms with van der Waals surface area (Å²) in [4.78, 5) is 0. The van der Waals surface area contributed by atoms with Crippen LogP contribution in [0.4, 0.5) is 4.39 Å². The second-order valence-electron chi connectivity index (χ2n) is 3.81. The van der Waals surface area contributed by atoms with Crippen LogP contribution in [0, 0.1) is 5.82 Å². The molecule has 0 saturated heterocycles. The molecule has 1 unspecified atom stereocenters. The van der Waals surface area contributed by atoms with E-state index in [1.54, 1.807) is 6.07 Å². The average molecular weight is 225 g/mol. The molecule has 0 bridgehead atoms. The van der Waals surface area contributed by atoms with Gasteiger partial charge in [0.2, 0.25) is 0 Å². The predicted octanol–water partition coefficient (Wildman–Crippen LogP) is 3.29. The second kappa shape index (κ2) is 6.48. The summed E-state index contributed by atoms with van der Waals surface area (Å²) in [5.41, 5.74) is 1.01. The molecule has 1 aromatic carbocycles. The van der Waals surface area contributed by atoms with Crippen molar-refractivity contribution in [3.8, 4) is 5.75 Å². The molecule has 0 aliphatic rings. The number of rotatable bonds is 6. The van der Waals surface area contributed by atoms with Crippen molar-refractivity contribution < 1.29 is 9.13 Å². The fourth-order valence-electron chi connectivity index (χ4n) is 1.62. The smallest absolute Gasteiger partial charge is 0.126 e. The lowest BCUT2D eigenvalue weighted by atomic mass is 10.1. The summed E-state index contributed by atoms with van der Waals surface area (Å²) in [6.45, 7) is 7.63. The van der Waals surface area contributed by atoms with Crippen LogP contribution in [0.1, 0.15) is 38.8 Å². The van der Waals surface area contributed by atoms with E-state index in [0.29, 0.717) is 12.4 Å². The van der Waals surface area contributed by atoms with Gasteiger partial charge in [-0.3, -0.25) is 0 Å². The quantitative estimate of drug-likeness (QED) is 0.802. The van der Waals surface area contributed by atoms with Crippen LogP contribution in [0.2, 0.25) is 0 Å². The van der Waals surface area contributed by atoms with Gasteiger partial charge in [-0.05, 0) is 26.0 Å². The maximum Gasteiger partial charge on any atom is 0.126 e. The van der Waals surface area contributed by atoms with Crippen LogP contribution in [0.25, 0.3) is 0 Å². The average Bonchev–Trinajstić information content (AvgIpc) is 2.26. The van der Waals surface area contributed by atoms with Gasteiger partial charge in [0.05, 0.1) is 6.61 Å². The standard InChI is InChI=1S/C13H20FNO/c1-4-8-16-13-9-11(14)6-7-12(13)10(3)15-5-2/h6-7,9-10,15H,4-5,8H2,1-3H3. The Morgan fingerprint density at radius 3 is 2.75 bits per heavy atom. The molecular formula is C13H20FNO. The van der Waals surface area contributed by atoms with Crippen LogP contribution < -0.4 is 10.1 Å². The number of hydrogen-bond donors (Lipinski definition) is 1. The van der Waals surface area contributed by atoms with Crippen LogP contribution in [0.15, 0.2) is 18.2 Å². The normalized spacial score (nSPS) is 12.5. The molecule has 90 valence electrons. The Morgan fingerprint density at radius 2 is 2.12 bits per heavy atom. The maximum absolute atomic E-state index is 13.1. The highest BCUT2D eigenvalue weighted by molar-refractivity contribution is 5.36. The maximum atomic E-state index is 13.1. The first-order valence-electron chi connectivity index (χ1n) is 5.84. The van der Waals surface area contributed by atoms with E-state index in [0.717, 1.165) is 18.5 Å². The summed E-state index contributed by atoms with van der Waals surface area (Å²) < 4.78 is 18.7. The highest BCUT2D eigenvalue weighted by Gasteiger charge is 2.11. The zero-order valence-corrected chi connectivity index (χ0v) is 10.2. The molecule has 0 heterocycles. The Bertz CT molecular complexity index is 328. The van der Waals surface area contributed by atoms with Crippen LogP contribution in [-0.2, 0) is 0 Å². The monoisotopic (exact) mass is 225 g/mol. The van der Waals surface area contributed by atoms with Crippen molar-refractivity contribution in [3.63, 3.8) is 0 Å². The molecule has 3 heteroatoms. The third kappa shape index (κ3) is 3.49. The van der Waals surface area contributed by atoms with Crippen LogP contribution in [0.3, 0.4) is 0 Å². The molecule has 0 amide bonds. The minimum Gasteiger partial charge on any atom is -0.493 e. The molecule has 0 aliphatic carbocycles. The van der Waals surface area contributed by atoms with Crippen LogP contribution in [-0.4, -0.2) is 13.2 Å². The van der Waals surface area contributed by atoms with E-state index in [1.165, 1.54) is 12.1 Å². The predicted molar refractivity (Wildman–Crippen MR) is 64.3 cm³/mol. The van der Waals surface area contributed by atoms with Gasteiger partial charge in [0.1, 0.15) is 11.6 Å². The van der Waals surface area contributed by atoms with Crippen LogP contribution in [0.5, 0.6) is 5.75 Å². The fourth-order valence-corrected chi connectivity index (χ4v) is 1.62. The minimum atomic E-state index is -0.251. The third-order valence-electron chi connectivity index (χ3n) is 2.41. The molecular weight excluding hydrogens is 205 g/mol. The van der Waals surface area contributed by atoms with E-state index in [9.17, 15) is 4.39 Å². The number of benzene rings is 1. The molecule has 0 fully saturated rings. The SMILES string of the molecule is CCCOc1cc(F)ccc1C(C)NCC. The molecule has 0 radical (unpaired) electrons. The first-order chi connectivity index (χ1) is 7.69. The topological polar surface area (TPSA) is 21.3 Å². The summed E-state index contributed by atoms with van der Waals surface area (Å²) in [5.74, 6) is 0.397. The number of halogens is 1. The zero-order chi connectivity index (χ0) is 12.0. The molecule has 1 atom stereocenters. The summed E-state index contributed by atoms with van der Waals surface area (Å²) in [6.07, 6.45) is 0.922. The minimum absolute atomic E-state index is 0.178. The summed E-state index contributed by atoms with van der Waals surface area (Å²) in [5, 5.41) is 3.30. The Balaban J connectivity index is 2.88. The van der Waals surface area contributed by atoms with E-state index in [-0.39, 0.29) is 11.9 Å². The molecule has 0 saturated carbocycles. The van der Waals surface area contributed by atoms with Gasteiger partial charge >= 0.3 is 0 Å². The first kappa shape index (κ1) is 13.0. The first-order valence-corrected chi connectivity index (χ1v) is 5.84. The van der Waals surface area contributed by atoms with Crippen molar-refractivity contribution in [3.05, 3.63) is 29.6 Å². The van der Waals surface area contributed by atoms with E-state index in [1.807, 2.05) is 13.8 Å². The van der Waals surface area contributed by atoms with Crippen LogP contribution >= 0.6 is 0 Å². The molecule has 0 aromatic heterocycles. The van der Waals surface area contributed by atoms with Crippen molar-refractivity contribution in [2.24, 2.45) is 0 Å². The fraction of sp³-hybridized carbons (Fsp3) is 0.538. The Kier molecular flexibility index (Phi) is 5.26. The van der Waals surface area contributed by atoms with Crippen molar-refractivity contribution in [1.82, 2.24) is 5.32 Å². The largest absolute Gasteiger partial charge is 0.493 e. The van der Waals surface area contributed by atoms with Gasteiger partial charge in [-0.1, -0.05) is 19.9 Å². The second-order valence-corrected chi connectivity index (χ2v) is 3.81. The van der Waals surface area contributed by atoms with Gasteiger partial charge in [-0.15, -0.1) is 0 Å². The third-order valence-corrected chi connectivity index (χ3v) is 2.41. The summed E-state index contributed by atoms with van der Waals surface area (Å²) in [7, 11) is 0. The van der Waals surface area contributed by atoms with E-state index < -0.39 is 0 Å². The molecule has 16 heavy (non-hydrogen) atoms. The lowest BCUT2D eigenvalue weighted by molar-refractivity contribution is 0.309. The van der Waals surface area contributed by atoms with Crippen molar-refractivity contribution in [1.29, 1.82) is 0 Å². The number of hydrogen-bond acceptors (Lipinski definition) is 2. The van der Waals surface area contributed by atoms with Gasteiger partial charge in [-0.2, -0.15) is 0 Å².